The summed E-state index contributed by atoms with van der Waals surface area (Å²) in [6.45, 7) is 0. The van der Waals surface area contributed by atoms with Crippen molar-refractivity contribution in [3.63, 3.8) is 0 Å². The molecule has 1 N–H and O–H groups in total. The van der Waals surface area contributed by atoms with Gasteiger partial charge in [-0.3, -0.25) is 12.1 Å². The fourth-order valence-electron chi connectivity index (χ4n) is 0.344. The minimum atomic E-state index is 0. The van der Waals surface area contributed by atoms with Gasteiger partial charge in [-0.05, 0) is 0 Å². The Morgan fingerprint density at radius 1 is 1.00 bits per heavy atom. The summed E-state index contributed by atoms with van der Waals surface area (Å²) in [4.78, 5) is 0. The maximum absolute atomic E-state index is 8.57. The summed E-state index contributed by atoms with van der Waals surface area (Å²) in [7, 11) is 0. The number of aromatic hydroxyl groups is 1. The Morgan fingerprint density at radius 3 is 1.60 bits per heavy atom. The number of hydrogen-bond acceptors (Lipinski definition) is 1. The van der Waals surface area contributed by atoms with Crippen LogP contribution in [0.5, 0.6) is 5.75 Å². The molecular weight excluding hydrogens is 355 g/mol. The average Bonchev–Trinajstić information content (AvgIpc) is 1.69. The second kappa shape index (κ2) is 11.3. The Kier molecular flexibility index (Phi) is 20.6. The largest absolute Gasteiger partial charge is 0.622 e. The molecule has 3 radical (unpaired) electrons. The molecule has 1 rings (SSSR count). The van der Waals surface area contributed by atoms with Crippen molar-refractivity contribution < 1.29 is 103 Å². The molecule has 0 saturated carbocycles. The van der Waals surface area contributed by atoms with E-state index in [1.165, 1.54) is 12.1 Å². The summed E-state index contributed by atoms with van der Waals surface area (Å²) in [5.41, 5.74) is 0. The molecule has 1 aromatic carbocycles. The molecular formula is C6H4OY3-2. The minimum absolute atomic E-state index is 0. The first-order chi connectivity index (χ1) is 3.39. The van der Waals surface area contributed by atoms with E-state index >= 15 is 0 Å². The Balaban J connectivity index is -0.000000163. The van der Waals surface area contributed by atoms with Crippen LogP contribution in [0.2, 0.25) is 0 Å². The van der Waals surface area contributed by atoms with E-state index < -0.39 is 0 Å². The topological polar surface area (TPSA) is 20.2 Å². The van der Waals surface area contributed by atoms with Crippen molar-refractivity contribution in [2.75, 3.05) is 0 Å². The van der Waals surface area contributed by atoms with Crippen LogP contribution in [0.15, 0.2) is 18.2 Å². The number of hydrogen-bond donors (Lipinski definition) is 1. The van der Waals surface area contributed by atoms with Gasteiger partial charge in [-0.1, -0.05) is 0 Å². The summed E-state index contributed by atoms with van der Waals surface area (Å²) in [5, 5.41) is 8.57. The maximum Gasteiger partial charge on any atom is 0 e. The molecule has 0 spiro atoms. The van der Waals surface area contributed by atoms with E-state index in [2.05, 4.69) is 12.1 Å². The van der Waals surface area contributed by atoms with Crippen LogP contribution in [0.1, 0.15) is 0 Å². The van der Waals surface area contributed by atoms with Gasteiger partial charge in [-0.2, -0.15) is 0 Å². The van der Waals surface area contributed by atoms with Crippen LogP contribution in [0.25, 0.3) is 0 Å². The Labute approximate surface area is 136 Å². The van der Waals surface area contributed by atoms with E-state index in [0.29, 0.717) is 0 Å². The van der Waals surface area contributed by atoms with Gasteiger partial charge in [0.05, 0.1) is 0 Å². The van der Waals surface area contributed by atoms with Gasteiger partial charge in [-0.25, -0.2) is 0 Å². The molecule has 0 aromatic heterocycles. The van der Waals surface area contributed by atoms with Crippen molar-refractivity contribution in [1.82, 2.24) is 0 Å². The van der Waals surface area contributed by atoms with E-state index in [1.54, 1.807) is 6.07 Å². The predicted octanol–water partition coefficient (Wildman–Crippen LogP) is 0.985. The second-order valence-corrected chi connectivity index (χ2v) is 1.19. The third-order valence-corrected chi connectivity index (χ3v) is 0.629. The van der Waals surface area contributed by atoms with Crippen molar-refractivity contribution in [3.8, 4) is 5.75 Å². The standard InChI is InChI=1S/C6H4O.3Y/c7-6-4-2-1-3-5-6;;;/h1,4-5,7H;;;/q-2;;;. The van der Waals surface area contributed by atoms with Crippen molar-refractivity contribution in [3.05, 3.63) is 30.3 Å². The third kappa shape index (κ3) is 8.43. The second-order valence-electron chi connectivity index (χ2n) is 1.19. The first-order valence-electron chi connectivity index (χ1n) is 1.96. The molecule has 0 bridgehead atoms. The van der Waals surface area contributed by atoms with Crippen molar-refractivity contribution in [1.29, 1.82) is 0 Å². The van der Waals surface area contributed by atoms with Crippen molar-refractivity contribution in [2.24, 2.45) is 0 Å². The van der Waals surface area contributed by atoms with Crippen molar-refractivity contribution >= 4 is 0 Å². The molecule has 0 fully saturated rings. The van der Waals surface area contributed by atoms with Gasteiger partial charge in [0, 0.05) is 98.1 Å². The molecule has 10 heavy (non-hydrogen) atoms. The van der Waals surface area contributed by atoms with Gasteiger partial charge in [0.2, 0.25) is 0 Å². The molecule has 0 heterocycles. The number of phenols is 1. The molecule has 0 amide bonds. The van der Waals surface area contributed by atoms with Crippen LogP contribution in [0.4, 0.5) is 0 Å². The van der Waals surface area contributed by atoms with Crippen LogP contribution in [-0.4, -0.2) is 5.11 Å². The summed E-state index contributed by atoms with van der Waals surface area (Å²) < 4.78 is 0. The molecule has 4 heteroatoms. The summed E-state index contributed by atoms with van der Waals surface area (Å²) in [5.74, 6) is 0.211. The summed E-state index contributed by atoms with van der Waals surface area (Å²) in [6, 6.07) is 9.89. The SMILES string of the molecule is Oc1c[c-]c[c-]c1.[Y].[Y].[Y]. The van der Waals surface area contributed by atoms with E-state index in [-0.39, 0.29) is 104 Å². The first-order valence-corrected chi connectivity index (χ1v) is 1.96. The van der Waals surface area contributed by atoms with Gasteiger partial charge in [0.25, 0.3) is 0 Å². The molecule has 0 saturated heterocycles. The van der Waals surface area contributed by atoms with E-state index in [1.807, 2.05) is 0 Å². The predicted molar refractivity (Wildman–Crippen MR) is 25.8 cm³/mol. The molecule has 0 atom stereocenters. The van der Waals surface area contributed by atoms with E-state index in [0.717, 1.165) is 0 Å². The van der Waals surface area contributed by atoms with Gasteiger partial charge in [0.15, 0.2) is 0 Å². The quantitative estimate of drug-likeness (QED) is 0.686. The summed E-state index contributed by atoms with van der Waals surface area (Å²) in [6.07, 6.45) is 0. The Bertz CT molecular complexity index is 143. The van der Waals surface area contributed by atoms with Crippen LogP contribution in [0.3, 0.4) is 0 Å². The number of rotatable bonds is 0. The number of benzene rings is 1. The molecule has 45 valence electrons. The fourth-order valence-corrected chi connectivity index (χ4v) is 0.344. The van der Waals surface area contributed by atoms with Crippen LogP contribution >= 0.6 is 0 Å². The van der Waals surface area contributed by atoms with E-state index in [4.69, 9.17) is 5.11 Å². The van der Waals surface area contributed by atoms with Crippen LogP contribution < -0.4 is 0 Å². The van der Waals surface area contributed by atoms with Gasteiger partial charge in [0.1, 0.15) is 0 Å². The molecule has 0 aliphatic heterocycles. The van der Waals surface area contributed by atoms with Gasteiger partial charge < -0.3 is 23.3 Å². The molecule has 0 unspecified atom stereocenters. The Hall–Kier alpha value is 2.33. The molecule has 1 aromatic rings. The molecule has 1 nitrogen and oxygen atoms in total. The van der Waals surface area contributed by atoms with Gasteiger partial charge >= 0.3 is 0 Å². The fraction of sp³-hybridized carbons (Fsp3) is 0. The van der Waals surface area contributed by atoms with Crippen molar-refractivity contribution in [2.45, 2.75) is 0 Å². The first kappa shape index (κ1) is 18.2. The van der Waals surface area contributed by atoms with Crippen LogP contribution in [0, 0.1) is 12.1 Å². The average molecular weight is 359 g/mol. The maximum atomic E-state index is 8.57. The van der Waals surface area contributed by atoms with Gasteiger partial charge in [-0.15, -0.1) is 5.75 Å². The zero-order chi connectivity index (χ0) is 5.11. The smallest absolute Gasteiger partial charge is 0 e. The Morgan fingerprint density at radius 2 is 1.40 bits per heavy atom. The van der Waals surface area contributed by atoms with Crippen LogP contribution in [-0.2, 0) is 98.1 Å². The minimum Gasteiger partial charge on any atom is -0.622 e. The zero-order valence-corrected chi connectivity index (χ0v) is 13.9. The number of phenolic OH excluding ortho intramolecular Hbond substituents is 1. The molecule has 0 aliphatic rings. The monoisotopic (exact) mass is 359 g/mol. The normalized spacial score (nSPS) is 6.00. The summed E-state index contributed by atoms with van der Waals surface area (Å²) >= 11 is 0. The third-order valence-electron chi connectivity index (χ3n) is 0.629. The van der Waals surface area contributed by atoms with E-state index in [9.17, 15) is 0 Å². The molecule has 0 aliphatic carbocycles. The zero-order valence-electron chi connectivity index (χ0n) is 5.41.